The Kier molecular flexibility index (Phi) is 2.84. The first-order valence-corrected chi connectivity index (χ1v) is 6.21. The summed E-state index contributed by atoms with van der Waals surface area (Å²) >= 11 is 0. The zero-order chi connectivity index (χ0) is 13.2. The maximum absolute atomic E-state index is 12.1. The van der Waals surface area contributed by atoms with E-state index in [0.717, 1.165) is 24.1 Å². The van der Waals surface area contributed by atoms with E-state index in [9.17, 15) is 4.79 Å². The highest BCUT2D eigenvalue weighted by molar-refractivity contribution is 6.03. The van der Waals surface area contributed by atoms with Crippen LogP contribution in [0.4, 0.5) is 0 Å². The van der Waals surface area contributed by atoms with E-state index in [2.05, 4.69) is 16.2 Å². The minimum atomic E-state index is 0.115. The second-order valence-electron chi connectivity index (χ2n) is 4.50. The molecule has 1 aliphatic rings. The smallest absolute Gasteiger partial charge is 0.166 e. The van der Waals surface area contributed by atoms with Crippen LogP contribution in [0, 0.1) is 11.3 Å². The molecule has 0 N–H and O–H groups in total. The number of aromatic nitrogens is 3. The minimum absolute atomic E-state index is 0.115. The fourth-order valence-corrected chi connectivity index (χ4v) is 2.49. The third kappa shape index (κ3) is 1.91. The second kappa shape index (κ2) is 4.65. The second-order valence-corrected chi connectivity index (χ2v) is 4.50. The van der Waals surface area contributed by atoms with Crippen molar-refractivity contribution in [2.45, 2.75) is 25.8 Å². The average molecular weight is 252 g/mol. The van der Waals surface area contributed by atoms with Gasteiger partial charge in [0.15, 0.2) is 5.78 Å². The SMILES string of the molecule is N#CCn1nc(-c2cccnc2)c2c1CCCC2=O. The summed E-state index contributed by atoms with van der Waals surface area (Å²) < 4.78 is 1.65. The van der Waals surface area contributed by atoms with Crippen LogP contribution in [0.2, 0.25) is 0 Å². The Bertz CT molecular complexity index is 667. The highest BCUT2D eigenvalue weighted by Gasteiger charge is 2.27. The van der Waals surface area contributed by atoms with Crippen LogP contribution in [-0.2, 0) is 13.0 Å². The monoisotopic (exact) mass is 252 g/mol. The van der Waals surface area contributed by atoms with Crippen molar-refractivity contribution in [1.82, 2.24) is 14.8 Å². The van der Waals surface area contributed by atoms with Crippen LogP contribution in [0.1, 0.15) is 28.9 Å². The Morgan fingerprint density at radius 1 is 1.42 bits per heavy atom. The molecular weight excluding hydrogens is 240 g/mol. The van der Waals surface area contributed by atoms with Gasteiger partial charge in [0.05, 0.1) is 17.3 Å². The molecule has 19 heavy (non-hydrogen) atoms. The van der Waals surface area contributed by atoms with E-state index in [1.165, 1.54) is 0 Å². The van der Waals surface area contributed by atoms with Gasteiger partial charge in [-0.3, -0.25) is 14.5 Å². The topological polar surface area (TPSA) is 71.6 Å². The summed E-state index contributed by atoms with van der Waals surface area (Å²) in [5.41, 5.74) is 3.04. The maximum atomic E-state index is 12.1. The number of hydrogen-bond donors (Lipinski definition) is 0. The Hall–Kier alpha value is -2.48. The van der Waals surface area contributed by atoms with Gasteiger partial charge in [0.2, 0.25) is 0 Å². The molecule has 2 heterocycles. The van der Waals surface area contributed by atoms with Crippen LogP contribution in [-0.4, -0.2) is 20.5 Å². The molecule has 0 spiro atoms. The largest absolute Gasteiger partial charge is 0.294 e. The first-order chi connectivity index (χ1) is 9.31. The lowest BCUT2D eigenvalue weighted by atomic mass is 9.93. The van der Waals surface area contributed by atoms with Gasteiger partial charge in [0.25, 0.3) is 0 Å². The Morgan fingerprint density at radius 2 is 2.32 bits per heavy atom. The van der Waals surface area contributed by atoms with Crippen LogP contribution in [0.25, 0.3) is 11.3 Å². The van der Waals surface area contributed by atoms with Gasteiger partial charge in [-0.2, -0.15) is 10.4 Å². The lowest BCUT2D eigenvalue weighted by Gasteiger charge is -2.12. The van der Waals surface area contributed by atoms with E-state index in [1.807, 2.05) is 12.1 Å². The summed E-state index contributed by atoms with van der Waals surface area (Å²) in [7, 11) is 0. The molecule has 0 unspecified atom stereocenters. The molecule has 2 aromatic heterocycles. The fraction of sp³-hybridized carbons (Fsp3) is 0.286. The summed E-state index contributed by atoms with van der Waals surface area (Å²) in [5, 5.41) is 13.3. The predicted octanol–water partition coefficient (Wildman–Crippen LogP) is 1.99. The Morgan fingerprint density at radius 3 is 3.05 bits per heavy atom. The summed E-state index contributed by atoms with van der Waals surface area (Å²) in [6, 6.07) is 5.79. The molecular formula is C14H12N4O. The van der Waals surface area contributed by atoms with Gasteiger partial charge in [-0.05, 0) is 25.0 Å². The number of nitriles is 1. The molecule has 2 aromatic rings. The lowest BCUT2D eigenvalue weighted by molar-refractivity contribution is 0.0972. The van der Waals surface area contributed by atoms with Gasteiger partial charge < -0.3 is 0 Å². The minimum Gasteiger partial charge on any atom is -0.294 e. The third-order valence-corrected chi connectivity index (χ3v) is 3.31. The van der Waals surface area contributed by atoms with E-state index in [0.29, 0.717) is 17.7 Å². The maximum Gasteiger partial charge on any atom is 0.166 e. The van der Waals surface area contributed by atoms with Crippen molar-refractivity contribution >= 4 is 5.78 Å². The number of fused-ring (bicyclic) bond motifs is 1. The van der Waals surface area contributed by atoms with Crippen LogP contribution < -0.4 is 0 Å². The number of carbonyl (C=O) groups excluding carboxylic acids is 1. The van der Waals surface area contributed by atoms with Crippen LogP contribution in [0.5, 0.6) is 0 Å². The first kappa shape index (κ1) is 11.6. The van der Waals surface area contributed by atoms with E-state index < -0.39 is 0 Å². The highest BCUT2D eigenvalue weighted by Crippen LogP contribution is 2.30. The van der Waals surface area contributed by atoms with Crippen LogP contribution in [0.15, 0.2) is 24.5 Å². The molecule has 0 aliphatic heterocycles. The van der Waals surface area contributed by atoms with Gasteiger partial charge in [-0.1, -0.05) is 0 Å². The summed E-state index contributed by atoms with van der Waals surface area (Å²) in [4.78, 5) is 16.2. The van der Waals surface area contributed by atoms with Crippen molar-refractivity contribution in [1.29, 1.82) is 5.26 Å². The fourth-order valence-electron chi connectivity index (χ4n) is 2.49. The van der Waals surface area contributed by atoms with Crippen LogP contribution in [0.3, 0.4) is 0 Å². The van der Waals surface area contributed by atoms with Gasteiger partial charge in [0.1, 0.15) is 12.2 Å². The zero-order valence-corrected chi connectivity index (χ0v) is 10.3. The van der Waals surface area contributed by atoms with Crippen LogP contribution >= 0.6 is 0 Å². The van der Waals surface area contributed by atoms with Crippen molar-refractivity contribution < 1.29 is 4.79 Å². The van der Waals surface area contributed by atoms with Crippen molar-refractivity contribution in [3.05, 3.63) is 35.8 Å². The number of Topliss-reactive ketones (excluding diaryl/α,β-unsaturated/α-hetero) is 1. The number of pyridine rings is 1. The Labute approximate surface area is 110 Å². The van der Waals surface area contributed by atoms with Gasteiger partial charge in [0, 0.05) is 24.4 Å². The molecule has 0 amide bonds. The van der Waals surface area contributed by atoms with E-state index in [4.69, 9.17) is 5.26 Å². The van der Waals surface area contributed by atoms with Crippen molar-refractivity contribution in [2.24, 2.45) is 0 Å². The summed E-state index contributed by atoms with van der Waals surface area (Å²) in [6.07, 6.45) is 5.56. The van der Waals surface area contributed by atoms with Crippen molar-refractivity contribution in [2.75, 3.05) is 0 Å². The molecule has 0 aromatic carbocycles. The Balaban J connectivity index is 2.20. The molecule has 5 heteroatoms. The highest BCUT2D eigenvalue weighted by atomic mass is 16.1. The molecule has 0 radical (unpaired) electrons. The van der Waals surface area contributed by atoms with E-state index in [1.54, 1.807) is 17.1 Å². The molecule has 0 saturated carbocycles. The predicted molar refractivity (Wildman–Crippen MR) is 68.3 cm³/mol. The molecule has 0 atom stereocenters. The van der Waals surface area contributed by atoms with Gasteiger partial charge >= 0.3 is 0 Å². The molecule has 1 aliphatic carbocycles. The normalized spacial score (nSPS) is 13.9. The standard InChI is InChI=1S/C14H12N4O/c15-6-8-18-11-4-1-5-12(19)13(11)14(17-18)10-3-2-7-16-9-10/h2-3,7,9H,1,4-5,8H2. The molecule has 3 rings (SSSR count). The van der Waals surface area contributed by atoms with Crippen molar-refractivity contribution in [3.8, 4) is 17.3 Å². The number of rotatable bonds is 2. The molecule has 94 valence electrons. The van der Waals surface area contributed by atoms with Gasteiger partial charge in [-0.25, -0.2) is 0 Å². The number of ketones is 1. The third-order valence-electron chi connectivity index (χ3n) is 3.31. The summed E-state index contributed by atoms with van der Waals surface area (Å²) in [6.45, 7) is 0.176. The van der Waals surface area contributed by atoms with E-state index >= 15 is 0 Å². The van der Waals surface area contributed by atoms with E-state index in [-0.39, 0.29) is 12.3 Å². The first-order valence-electron chi connectivity index (χ1n) is 6.21. The molecule has 5 nitrogen and oxygen atoms in total. The lowest BCUT2D eigenvalue weighted by Crippen LogP contribution is -2.13. The average Bonchev–Trinajstić information content (AvgIpc) is 2.81. The van der Waals surface area contributed by atoms with Gasteiger partial charge in [-0.15, -0.1) is 0 Å². The quantitative estimate of drug-likeness (QED) is 0.819. The number of hydrogen-bond acceptors (Lipinski definition) is 4. The summed E-state index contributed by atoms with van der Waals surface area (Å²) in [5.74, 6) is 0.115. The molecule has 0 fully saturated rings. The molecule has 0 saturated heterocycles. The van der Waals surface area contributed by atoms with Crippen molar-refractivity contribution in [3.63, 3.8) is 0 Å². The number of carbonyl (C=O) groups is 1. The number of nitrogens with zero attached hydrogens (tertiary/aromatic N) is 4. The molecule has 0 bridgehead atoms. The zero-order valence-electron chi connectivity index (χ0n) is 10.3.